The third kappa shape index (κ3) is 5.76. The molecule has 0 heterocycles. The fraction of sp³-hybridized carbons (Fsp3) is 0.600. The topological polar surface area (TPSA) is 81.4 Å². The van der Waals surface area contributed by atoms with Crippen molar-refractivity contribution in [1.29, 1.82) is 0 Å². The molecule has 0 atom stereocenters. The van der Waals surface area contributed by atoms with Crippen LogP contribution in [0.15, 0.2) is 29.2 Å². The van der Waals surface area contributed by atoms with Crippen molar-refractivity contribution in [1.82, 2.24) is 4.72 Å². The van der Waals surface area contributed by atoms with Crippen LogP contribution in [0.3, 0.4) is 0 Å². The summed E-state index contributed by atoms with van der Waals surface area (Å²) in [7, 11) is -3.46. The van der Waals surface area contributed by atoms with Crippen LogP contribution in [0.25, 0.3) is 0 Å². The zero-order valence-electron chi connectivity index (χ0n) is 12.7. The quantitative estimate of drug-likeness (QED) is 0.792. The highest BCUT2D eigenvalue weighted by Gasteiger charge is 2.15. The molecular formula is C15H25ClN2O3S. The highest BCUT2D eigenvalue weighted by molar-refractivity contribution is 7.89. The van der Waals surface area contributed by atoms with Crippen LogP contribution in [0.2, 0.25) is 0 Å². The summed E-state index contributed by atoms with van der Waals surface area (Å²) in [6, 6.07) is 6.55. The maximum atomic E-state index is 11.9. The van der Waals surface area contributed by atoms with Crippen molar-refractivity contribution >= 4 is 22.4 Å². The predicted molar refractivity (Wildman–Crippen MR) is 90.0 cm³/mol. The molecule has 7 heteroatoms. The van der Waals surface area contributed by atoms with Crippen LogP contribution in [-0.4, -0.2) is 28.1 Å². The average molecular weight is 349 g/mol. The molecule has 126 valence electrons. The molecule has 0 radical (unpaired) electrons. The normalized spacial score (nSPS) is 16.0. The van der Waals surface area contributed by atoms with Gasteiger partial charge in [-0.15, -0.1) is 12.4 Å². The minimum atomic E-state index is -3.46. The van der Waals surface area contributed by atoms with Gasteiger partial charge in [0.25, 0.3) is 0 Å². The Bertz CT molecular complexity index is 528. The summed E-state index contributed by atoms with van der Waals surface area (Å²) in [4.78, 5) is 0.237. The Kier molecular flexibility index (Phi) is 8.17. The molecule has 0 aliphatic heterocycles. The van der Waals surface area contributed by atoms with Gasteiger partial charge in [-0.3, -0.25) is 0 Å². The van der Waals surface area contributed by atoms with Crippen molar-refractivity contribution < 1.29 is 13.2 Å². The number of rotatable bonds is 7. The van der Waals surface area contributed by atoms with E-state index in [1.165, 1.54) is 32.1 Å². The van der Waals surface area contributed by atoms with Crippen LogP contribution in [0.4, 0.5) is 0 Å². The van der Waals surface area contributed by atoms with Gasteiger partial charge in [0.05, 0.1) is 11.5 Å². The molecule has 22 heavy (non-hydrogen) atoms. The first-order chi connectivity index (χ1) is 10.1. The Morgan fingerprint density at radius 3 is 2.36 bits per heavy atom. The summed E-state index contributed by atoms with van der Waals surface area (Å²) in [5, 5.41) is 0. The first kappa shape index (κ1) is 19.2. The fourth-order valence-corrected chi connectivity index (χ4v) is 3.61. The molecule has 0 aromatic heterocycles. The first-order valence-electron chi connectivity index (χ1n) is 7.54. The predicted octanol–water partition coefficient (Wildman–Crippen LogP) is 2.30. The standard InChI is InChI=1S/C15H24N2O3S.ClH/c16-10-11-17-21(18,19)15-8-6-14(7-9-15)20-12-13-4-2-1-3-5-13;/h6-9,13,17H,1-5,10-12,16H2;1H. The number of hydrogen-bond acceptors (Lipinski definition) is 4. The zero-order chi connectivity index (χ0) is 15.1. The van der Waals surface area contributed by atoms with E-state index in [0.717, 1.165) is 12.4 Å². The molecule has 5 nitrogen and oxygen atoms in total. The highest BCUT2D eigenvalue weighted by atomic mass is 35.5. The van der Waals surface area contributed by atoms with Gasteiger partial charge in [-0.25, -0.2) is 13.1 Å². The fourth-order valence-electron chi connectivity index (χ4n) is 2.56. The van der Waals surface area contributed by atoms with Crippen molar-refractivity contribution in [2.45, 2.75) is 37.0 Å². The number of ether oxygens (including phenoxy) is 1. The summed E-state index contributed by atoms with van der Waals surface area (Å²) in [5.74, 6) is 1.35. The molecule has 0 bridgehead atoms. The lowest BCUT2D eigenvalue weighted by Gasteiger charge is -2.21. The summed E-state index contributed by atoms with van der Waals surface area (Å²) in [5.41, 5.74) is 5.30. The summed E-state index contributed by atoms with van der Waals surface area (Å²) in [6.45, 7) is 1.24. The van der Waals surface area contributed by atoms with Gasteiger partial charge in [-0.1, -0.05) is 19.3 Å². The van der Waals surface area contributed by atoms with Crippen LogP contribution in [-0.2, 0) is 10.0 Å². The molecule has 0 saturated heterocycles. The summed E-state index contributed by atoms with van der Waals surface area (Å²) < 4.78 is 32.0. The van der Waals surface area contributed by atoms with E-state index in [1.807, 2.05) is 0 Å². The molecule has 1 aliphatic carbocycles. The molecule has 0 unspecified atom stereocenters. The Balaban J connectivity index is 0.00000242. The molecule has 1 aliphatic rings. The largest absolute Gasteiger partial charge is 0.493 e. The summed E-state index contributed by atoms with van der Waals surface area (Å²) >= 11 is 0. The van der Waals surface area contributed by atoms with Crippen molar-refractivity contribution in [3.8, 4) is 5.75 Å². The number of nitrogens with one attached hydrogen (secondary N) is 1. The lowest BCUT2D eigenvalue weighted by Crippen LogP contribution is -2.29. The number of benzene rings is 1. The minimum absolute atomic E-state index is 0. The molecular weight excluding hydrogens is 324 g/mol. The van der Waals surface area contributed by atoms with Crippen LogP contribution in [0.1, 0.15) is 32.1 Å². The van der Waals surface area contributed by atoms with E-state index < -0.39 is 10.0 Å². The third-order valence-corrected chi connectivity index (χ3v) is 5.26. The second-order valence-electron chi connectivity index (χ2n) is 5.47. The van der Waals surface area contributed by atoms with Gasteiger partial charge in [0.15, 0.2) is 0 Å². The summed E-state index contributed by atoms with van der Waals surface area (Å²) in [6.07, 6.45) is 6.37. The van der Waals surface area contributed by atoms with E-state index in [2.05, 4.69) is 4.72 Å². The van der Waals surface area contributed by atoms with Crippen LogP contribution in [0.5, 0.6) is 5.75 Å². The number of halogens is 1. The van der Waals surface area contributed by atoms with E-state index >= 15 is 0 Å². The third-order valence-electron chi connectivity index (χ3n) is 3.78. The van der Waals surface area contributed by atoms with Gasteiger partial charge >= 0.3 is 0 Å². The van der Waals surface area contributed by atoms with E-state index in [9.17, 15) is 8.42 Å². The molecule has 1 saturated carbocycles. The minimum Gasteiger partial charge on any atom is -0.493 e. The molecule has 0 spiro atoms. The second kappa shape index (κ2) is 9.35. The van der Waals surface area contributed by atoms with Crippen molar-refractivity contribution in [2.75, 3.05) is 19.7 Å². The maximum Gasteiger partial charge on any atom is 0.240 e. The SMILES string of the molecule is Cl.NCCNS(=O)(=O)c1ccc(OCC2CCCCC2)cc1. The molecule has 2 rings (SSSR count). The van der Waals surface area contributed by atoms with Crippen LogP contribution in [0, 0.1) is 5.92 Å². The molecule has 3 N–H and O–H groups in total. The van der Waals surface area contributed by atoms with E-state index in [1.54, 1.807) is 24.3 Å². The Labute approximate surface area is 139 Å². The Hall–Kier alpha value is -0.820. The number of hydrogen-bond donors (Lipinski definition) is 2. The average Bonchev–Trinajstić information content (AvgIpc) is 2.52. The lowest BCUT2D eigenvalue weighted by molar-refractivity contribution is 0.209. The van der Waals surface area contributed by atoms with Crippen LogP contribution >= 0.6 is 12.4 Å². The number of nitrogens with two attached hydrogens (primary N) is 1. The van der Waals surface area contributed by atoms with Crippen molar-refractivity contribution in [3.63, 3.8) is 0 Å². The molecule has 1 aromatic rings. The van der Waals surface area contributed by atoms with Crippen LogP contribution < -0.4 is 15.2 Å². The zero-order valence-corrected chi connectivity index (χ0v) is 14.3. The van der Waals surface area contributed by atoms with Crippen molar-refractivity contribution in [2.24, 2.45) is 11.7 Å². The lowest BCUT2D eigenvalue weighted by atomic mass is 9.90. The van der Waals surface area contributed by atoms with Gasteiger partial charge in [-0.05, 0) is 43.0 Å². The Morgan fingerprint density at radius 1 is 1.14 bits per heavy atom. The highest BCUT2D eigenvalue weighted by Crippen LogP contribution is 2.25. The van der Waals surface area contributed by atoms with Crippen molar-refractivity contribution in [3.05, 3.63) is 24.3 Å². The van der Waals surface area contributed by atoms with E-state index in [0.29, 0.717) is 5.92 Å². The van der Waals surface area contributed by atoms with Gasteiger partial charge in [0.1, 0.15) is 5.75 Å². The molecule has 1 fully saturated rings. The van der Waals surface area contributed by atoms with E-state index in [4.69, 9.17) is 10.5 Å². The first-order valence-corrected chi connectivity index (χ1v) is 9.03. The molecule has 0 amide bonds. The smallest absolute Gasteiger partial charge is 0.240 e. The maximum absolute atomic E-state index is 11.9. The van der Waals surface area contributed by atoms with Gasteiger partial charge in [-0.2, -0.15) is 0 Å². The molecule has 1 aromatic carbocycles. The van der Waals surface area contributed by atoms with Gasteiger partial charge in [0.2, 0.25) is 10.0 Å². The monoisotopic (exact) mass is 348 g/mol. The van der Waals surface area contributed by atoms with E-state index in [-0.39, 0.29) is 30.4 Å². The number of sulfonamides is 1. The second-order valence-corrected chi connectivity index (χ2v) is 7.24. The Morgan fingerprint density at radius 2 is 1.77 bits per heavy atom. The van der Waals surface area contributed by atoms with Gasteiger partial charge < -0.3 is 10.5 Å². The van der Waals surface area contributed by atoms with Gasteiger partial charge in [0, 0.05) is 13.1 Å².